The number of benzene rings is 2. The average molecular weight is 398 g/mol. The Hall–Kier alpha value is -1.91. The molecule has 4 rings (SSSR count). The van der Waals surface area contributed by atoms with Gasteiger partial charge in [-0.3, -0.25) is 0 Å². The van der Waals surface area contributed by atoms with Gasteiger partial charge in [0.25, 0.3) is 0 Å². The van der Waals surface area contributed by atoms with E-state index in [0.717, 1.165) is 0 Å². The minimum atomic E-state index is -0.363. The van der Waals surface area contributed by atoms with Gasteiger partial charge in [0.15, 0.2) is 0 Å². The van der Waals surface area contributed by atoms with Crippen molar-refractivity contribution in [1.82, 2.24) is 0 Å². The Morgan fingerprint density at radius 3 is 1.58 bits per heavy atom. The molecular formula is C24H23FeP. The van der Waals surface area contributed by atoms with Crippen molar-refractivity contribution in [2.45, 2.75) is 12.6 Å². The van der Waals surface area contributed by atoms with Gasteiger partial charge >= 0.3 is 17.1 Å². The molecule has 0 saturated carbocycles. The Bertz CT molecular complexity index is 749. The van der Waals surface area contributed by atoms with Gasteiger partial charge in [0, 0.05) is 0 Å². The second-order valence-corrected chi connectivity index (χ2v) is 8.44. The van der Waals surface area contributed by atoms with E-state index in [1.54, 1.807) is 0 Å². The Balaban J connectivity index is 0.000000351. The summed E-state index contributed by atoms with van der Waals surface area (Å²) < 4.78 is 0. The van der Waals surface area contributed by atoms with Crippen LogP contribution in [-0.2, 0) is 17.1 Å². The molecule has 0 spiro atoms. The molecule has 0 amide bonds. The third-order valence-corrected chi connectivity index (χ3v) is 6.96. The molecule has 0 aromatic heterocycles. The molecular weight excluding hydrogens is 375 g/mol. The maximum atomic E-state index is 2.35. The second kappa shape index (κ2) is 10.9. The van der Waals surface area contributed by atoms with E-state index in [-0.39, 0.29) is 25.0 Å². The van der Waals surface area contributed by atoms with Gasteiger partial charge in [-0.05, 0) is 24.2 Å². The fourth-order valence-corrected chi connectivity index (χ4v) is 5.56. The topological polar surface area (TPSA) is 0 Å². The molecule has 0 N–H and O–H groups in total. The minimum Gasteiger partial charge on any atom is -0.214 e. The van der Waals surface area contributed by atoms with Crippen LogP contribution in [-0.4, -0.2) is 0 Å². The van der Waals surface area contributed by atoms with E-state index in [2.05, 4.69) is 91.9 Å². The van der Waals surface area contributed by atoms with Crippen molar-refractivity contribution in [3.05, 3.63) is 121 Å². The predicted octanol–water partition coefficient (Wildman–Crippen LogP) is 6.00. The van der Waals surface area contributed by atoms with Crippen LogP contribution < -0.4 is 10.6 Å². The first-order chi connectivity index (χ1) is 12.4. The van der Waals surface area contributed by atoms with E-state index < -0.39 is 0 Å². The Kier molecular flexibility index (Phi) is 8.59. The van der Waals surface area contributed by atoms with Crippen LogP contribution >= 0.6 is 7.92 Å². The van der Waals surface area contributed by atoms with Gasteiger partial charge in [-0.15, -0.1) is 0 Å². The molecule has 0 nitrogen and oxygen atoms in total. The molecule has 0 radical (unpaired) electrons. The van der Waals surface area contributed by atoms with Gasteiger partial charge in [-0.2, -0.15) is 35.9 Å². The Labute approximate surface area is 168 Å². The van der Waals surface area contributed by atoms with E-state index in [1.807, 2.05) is 30.3 Å². The van der Waals surface area contributed by atoms with Crippen molar-refractivity contribution < 1.29 is 17.1 Å². The zero-order chi connectivity index (χ0) is 17.3. The van der Waals surface area contributed by atoms with E-state index in [4.69, 9.17) is 0 Å². The zero-order valence-electron chi connectivity index (χ0n) is 14.8. The van der Waals surface area contributed by atoms with Gasteiger partial charge in [0.2, 0.25) is 0 Å². The number of hydrogen-bond acceptors (Lipinski definition) is 0. The smallest absolute Gasteiger partial charge is 0.214 e. The zero-order valence-corrected chi connectivity index (χ0v) is 16.8. The molecule has 132 valence electrons. The fraction of sp³-hybridized carbons (Fsp3) is 0.0833. The monoisotopic (exact) mass is 398 g/mol. The van der Waals surface area contributed by atoms with Crippen LogP contribution in [0.1, 0.15) is 18.1 Å². The maximum Gasteiger partial charge on any atom is 2.00 e. The van der Waals surface area contributed by atoms with Crippen molar-refractivity contribution in [2.24, 2.45) is 0 Å². The van der Waals surface area contributed by atoms with Crippen LogP contribution in [0.3, 0.4) is 0 Å². The van der Waals surface area contributed by atoms with Crippen LogP contribution in [0.2, 0.25) is 0 Å². The summed E-state index contributed by atoms with van der Waals surface area (Å²) in [4.78, 5) is 0. The third kappa shape index (κ3) is 5.55. The molecule has 0 saturated heterocycles. The number of hydrogen-bond donors (Lipinski definition) is 0. The largest absolute Gasteiger partial charge is 2.00 e. The van der Waals surface area contributed by atoms with Gasteiger partial charge in [0.1, 0.15) is 0 Å². The first-order valence-electron chi connectivity index (χ1n) is 8.64. The van der Waals surface area contributed by atoms with Gasteiger partial charge in [-0.25, -0.2) is 24.3 Å². The van der Waals surface area contributed by atoms with Crippen molar-refractivity contribution in [3.8, 4) is 0 Å². The minimum absolute atomic E-state index is 0. The van der Waals surface area contributed by atoms with Crippen molar-refractivity contribution in [1.29, 1.82) is 0 Å². The number of rotatable bonds is 4. The molecule has 2 heteroatoms. The first kappa shape index (κ1) is 20.4. The van der Waals surface area contributed by atoms with Crippen LogP contribution in [0.5, 0.6) is 0 Å². The van der Waals surface area contributed by atoms with E-state index in [1.165, 1.54) is 16.2 Å². The maximum absolute atomic E-state index is 2.35. The van der Waals surface area contributed by atoms with Gasteiger partial charge in [-0.1, -0.05) is 67.6 Å². The molecule has 4 aromatic rings. The summed E-state index contributed by atoms with van der Waals surface area (Å²) in [5.41, 5.74) is 1.97. The second-order valence-electron chi connectivity index (χ2n) is 5.90. The van der Waals surface area contributed by atoms with Gasteiger partial charge in [0.05, 0.1) is 0 Å². The Morgan fingerprint density at radius 1 is 0.654 bits per heavy atom. The SMILES string of the molecule is CC(c1ccc[cH-]1)P(c1ccccc1)c1ccccc1.[Fe+2].c1cc[cH-]c1. The first-order valence-corrected chi connectivity index (χ1v) is 10.0. The standard InChI is InChI=1S/C19H18P.C5H5.Fe/c1-16(17-10-8-9-11-17)20(18-12-4-2-5-13-18)19-14-6-3-7-15-19;1-2-4-5-3-1;/h2-16H,1H3;1-5H;/q2*-1;+2. The summed E-state index contributed by atoms with van der Waals surface area (Å²) in [6.45, 7) is 2.35. The normalized spacial score (nSPS) is 11.2. The molecule has 0 aliphatic carbocycles. The summed E-state index contributed by atoms with van der Waals surface area (Å²) in [5, 5.41) is 2.89. The summed E-state index contributed by atoms with van der Waals surface area (Å²) in [6, 6.07) is 40.6. The van der Waals surface area contributed by atoms with Crippen molar-refractivity contribution >= 4 is 18.5 Å². The van der Waals surface area contributed by atoms with Crippen LogP contribution in [0.15, 0.2) is 115 Å². The van der Waals surface area contributed by atoms with Crippen LogP contribution in [0, 0.1) is 0 Å². The average Bonchev–Trinajstić information content (AvgIpc) is 3.40. The summed E-state index contributed by atoms with van der Waals surface area (Å²) >= 11 is 0. The van der Waals surface area contributed by atoms with Crippen molar-refractivity contribution in [3.63, 3.8) is 0 Å². The molecule has 0 aliphatic rings. The van der Waals surface area contributed by atoms with Crippen LogP contribution in [0.4, 0.5) is 0 Å². The van der Waals surface area contributed by atoms with E-state index in [9.17, 15) is 0 Å². The van der Waals surface area contributed by atoms with E-state index >= 15 is 0 Å². The molecule has 0 fully saturated rings. The molecule has 26 heavy (non-hydrogen) atoms. The fourth-order valence-electron chi connectivity index (χ4n) is 2.91. The third-order valence-electron chi connectivity index (χ3n) is 4.18. The quantitative estimate of drug-likeness (QED) is 0.225. The molecule has 0 aliphatic heterocycles. The summed E-state index contributed by atoms with van der Waals surface area (Å²) in [7, 11) is -0.363. The Morgan fingerprint density at radius 2 is 1.19 bits per heavy atom. The molecule has 1 atom stereocenters. The van der Waals surface area contributed by atoms with Gasteiger partial charge < -0.3 is 0 Å². The summed E-state index contributed by atoms with van der Waals surface area (Å²) in [6.07, 6.45) is 0. The van der Waals surface area contributed by atoms with E-state index in [0.29, 0.717) is 5.66 Å². The summed E-state index contributed by atoms with van der Waals surface area (Å²) in [5.74, 6) is 0. The predicted molar refractivity (Wildman–Crippen MR) is 112 cm³/mol. The van der Waals surface area contributed by atoms with Crippen LogP contribution in [0.25, 0.3) is 0 Å². The molecule has 1 unspecified atom stereocenters. The molecule has 4 aromatic carbocycles. The van der Waals surface area contributed by atoms with Crippen molar-refractivity contribution in [2.75, 3.05) is 0 Å². The molecule has 0 heterocycles. The molecule has 0 bridgehead atoms.